The van der Waals surface area contributed by atoms with Gasteiger partial charge in [-0.05, 0) is 62.5 Å². The molecule has 0 bridgehead atoms. The molecule has 4 rings (SSSR count). The molecule has 0 spiro atoms. The molecule has 0 atom stereocenters. The van der Waals surface area contributed by atoms with E-state index < -0.39 is 0 Å². The van der Waals surface area contributed by atoms with Crippen LogP contribution >= 0.6 is 0 Å². The van der Waals surface area contributed by atoms with Gasteiger partial charge in [-0.3, -0.25) is 9.69 Å². The van der Waals surface area contributed by atoms with E-state index in [0.717, 1.165) is 54.5 Å². The number of nitrogens with zero attached hydrogens (tertiary/aromatic N) is 6. The van der Waals surface area contributed by atoms with E-state index in [0.29, 0.717) is 12.1 Å². The maximum Gasteiger partial charge on any atom is 0.231 e. The summed E-state index contributed by atoms with van der Waals surface area (Å²) in [6.07, 6.45) is 6.01. The van der Waals surface area contributed by atoms with Crippen molar-refractivity contribution in [3.8, 4) is 6.07 Å². The molecule has 3 aromatic rings. The summed E-state index contributed by atoms with van der Waals surface area (Å²) in [6.45, 7) is 8.47. The summed E-state index contributed by atoms with van der Waals surface area (Å²) in [4.78, 5) is 23.7. The molecule has 0 saturated carbocycles. The minimum Gasteiger partial charge on any atom is -0.369 e. The number of hydrogen-bond donors (Lipinski definition) is 1. The van der Waals surface area contributed by atoms with Crippen molar-refractivity contribution in [1.29, 1.82) is 5.26 Å². The molecule has 1 aliphatic rings. The highest BCUT2D eigenvalue weighted by molar-refractivity contribution is 5.87. The lowest BCUT2D eigenvalue weighted by Gasteiger charge is -2.28. The summed E-state index contributed by atoms with van der Waals surface area (Å²) in [7, 11) is 1.98. The summed E-state index contributed by atoms with van der Waals surface area (Å²) in [5, 5.41) is 9.93. The van der Waals surface area contributed by atoms with Crippen molar-refractivity contribution in [2.45, 2.75) is 33.2 Å². The number of aromatic nitrogens is 3. The third kappa shape index (κ3) is 6.53. The maximum absolute atomic E-state index is 10.5. The monoisotopic (exact) mass is 447 g/mol. The largest absolute Gasteiger partial charge is 0.369 e. The van der Waals surface area contributed by atoms with Crippen LogP contribution in [0.15, 0.2) is 42.9 Å². The first-order chi connectivity index (χ1) is 15.9. The molecule has 0 unspecified atom stereocenters. The lowest BCUT2D eigenvalue weighted by atomic mass is 9.99. The second-order valence-electron chi connectivity index (χ2n) is 8.61. The number of anilines is 1. The Balaban J connectivity index is 0.000000235. The molecule has 1 amide bonds. The van der Waals surface area contributed by atoms with Crippen molar-refractivity contribution in [1.82, 2.24) is 19.4 Å². The zero-order valence-corrected chi connectivity index (χ0v) is 19.7. The molecule has 2 N–H and O–H groups in total. The molecule has 1 aromatic carbocycles. The van der Waals surface area contributed by atoms with Crippen molar-refractivity contribution in [3.05, 3.63) is 54.0 Å². The highest BCUT2D eigenvalue weighted by atomic mass is 16.1. The smallest absolute Gasteiger partial charge is 0.231 e. The van der Waals surface area contributed by atoms with Crippen LogP contribution in [0, 0.1) is 17.2 Å². The van der Waals surface area contributed by atoms with Crippen molar-refractivity contribution >= 4 is 22.8 Å². The van der Waals surface area contributed by atoms with Crippen LogP contribution in [0.1, 0.15) is 37.8 Å². The van der Waals surface area contributed by atoms with Gasteiger partial charge in [-0.15, -0.1) is 0 Å². The summed E-state index contributed by atoms with van der Waals surface area (Å²) in [6, 6.07) is 11.9. The van der Waals surface area contributed by atoms with E-state index in [2.05, 4.69) is 39.7 Å². The van der Waals surface area contributed by atoms with Crippen LogP contribution < -0.4 is 10.6 Å². The first kappa shape index (κ1) is 24.2. The van der Waals surface area contributed by atoms with Gasteiger partial charge in [-0.1, -0.05) is 19.1 Å². The Hall–Kier alpha value is -3.44. The van der Waals surface area contributed by atoms with Gasteiger partial charge in [0.05, 0.1) is 23.6 Å². The Labute approximate surface area is 195 Å². The van der Waals surface area contributed by atoms with Crippen LogP contribution in [-0.4, -0.2) is 51.5 Å². The average molecular weight is 448 g/mol. The van der Waals surface area contributed by atoms with E-state index in [-0.39, 0.29) is 5.91 Å². The number of amides is 1. The van der Waals surface area contributed by atoms with Crippen molar-refractivity contribution in [2.75, 3.05) is 31.1 Å². The number of likely N-dealkylation sites (tertiary alicyclic amines) is 1. The summed E-state index contributed by atoms with van der Waals surface area (Å²) in [5.74, 6) is 1.55. The Morgan fingerprint density at radius 2 is 1.91 bits per heavy atom. The molecule has 174 valence electrons. The number of benzene rings is 1. The number of nitrogens with two attached hydrogens (primary N) is 1. The number of carbonyl (C=O) groups is 1. The summed E-state index contributed by atoms with van der Waals surface area (Å²) in [5.41, 5.74) is 7.85. The zero-order chi connectivity index (χ0) is 23.8. The second-order valence-corrected chi connectivity index (χ2v) is 8.61. The SMILES string of the molecule is CC1CCN(CC(N)=O)CC1.CCN(Cc1ccc(C#N)cc1)c1ncnc2c1ccn2C. The highest BCUT2D eigenvalue weighted by Crippen LogP contribution is 2.24. The summed E-state index contributed by atoms with van der Waals surface area (Å²) < 4.78 is 2.00. The fourth-order valence-corrected chi connectivity index (χ4v) is 4.00. The molecule has 1 aliphatic heterocycles. The molecule has 8 heteroatoms. The molecule has 2 aromatic heterocycles. The van der Waals surface area contributed by atoms with Crippen LogP contribution in [0.4, 0.5) is 5.82 Å². The third-order valence-electron chi connectivity index (χ3n) is 6.03. The molecule has 1 saturated heterocycles. The number of hydrogen-bond acceptors (Lipinski definition) is 6. The molecule has 8 nitrogen and oxygen atoms in total. The molecule has 3 heterocycles. The first-order valence-electron chi connectivity index (χ1n) is 11.4. The molecule has 33 heavy (non-hydrogen) atoms. The van der Waals surface area contributed by atoms with Gasteiger partial charge in [0.25, 0.3) is 0 Å². The van der Waals surface area contributed by atoms with E-state index in [1.807, 2.05) is 48.1 Å². The molecular weight excluding hydrogens is 414 g/mol. The minimum absolute atomic E-state index is 0.209. The van der Waals surface area contributed by atoms with Gasteiger partial charge in [-0.25, -0.2) is 9.97 Å². The topological polar surface area (TPSA) is 104 Å². The van der Waals surface area contributed by atoms with Gasteiger partial charge < -0.3 is 15.2 Å². The van der Waals surface area contributed by atoms with Crippen LogP contribution in [0.3, 0.4) is 0 Å². The van der Waals surface area contributed by atoms with E-state index in [1.54, 1.807) is 6.33 Å². The standard InChI is InChI=1S/C17H17N5.C8H16N2O/c1-3-22(11-14-6-4-13(10-18)5-7-14)17-15-8-9-21(2)16(15)19-12-20-17;1-7-2-4-10(5-3-7)6-8(9)11/h4-9,12H,3,11H2,1-2H3;7H,2-6H2,1H3,(H2,9,11). The van der Waals surface area contributed by atoms with Gasteiger partial charge in [-0.2, -0.15) is 5.26 Å². The van der Waals surface area contributed by atoms with Crippen molar-refractivity contribution in [3.63, 3.8) is 0 Å². The number of rotatable bonds is 6. The predicted octanol–water partition coefficient (Wildman–Crippen LogP) is 3.07. The average Bonchev–Trinajstić information content (AvgIpc) is 3.20. The summed E-state index contributed by atoms with van der Waals surface area (Å²) >= 11 is 0. The number of fused-ring (bicyclic) bond motifs is 1. The number of primary amides is 1. The Morgan fingerprint density at radius 1 is 1.21 bits per heavy atom. The Morgan fingerprint density at radius 3 is 2.52 bits per heavy atom. The highest BCUT2D eigenvalue weighted by Gasteiger charge is 2.16. The minimum atomic E-state index is -0.209. The van der Waals surface area contributed by atoms with Crippen molar-refractivity contribution < 1.29 is 4.79 Å². The third-order valence-corrected chi connectivity index (χ3v) is 6.03. The second kappa shape index (κ2) is 11.4. The fourth-order valence-electron chi connectivity index (χ4n) is 4.00. The molecule has 1 fully saturated rings. The van der Waals surface area contributed by atoms with Gasteiger partial charge in [0.1, 0.15) is 17.8 Å². The Kier molecular flexibility index (Phi) is 8.39. The molecule has 0 radical (unpaired) electrons. The van der Waals surface area contributed by atoms with Gasteiger partial charge >= 0.3 is 0 Å². The lowest BCUT2D eigenvalue weighted by molar-refractivity contribution is -0.119. The van der Waals surface area contributed by atoms with E-state index in [1.165, 1.54) is 12.8 Å². The van der Waals surface area contributed by atoms with Gasteiger partial charge in [0, 0.05) is 26.3 Å². The number of piperidine rings is 1. The molecule has 0 aliphatic carbocycles. The van der Waals surface area contributed by atoms with Crippen LogP contribution in [0.2, 0.25) is 0 Å². The predicted molar refractivity (Wildman–Crippen MR) is 130 cm³/mol. The van der Waals surface area contributed by atoms with E-state index in [9.17, 15) is 4.79 Å². The maximum atomic E-state index is 10.5. The first-order valence-corrected chi connectivity index (χ1v) is 11.4. The van der Waals surface area contributed by atoms with Crippen LogP contribution in [0.5, 0.6) is 0 Å². The normalized spacial score (nSPS) is 14.4. The van der Waals surface area contributed by atoms with Crippen LogP contribution in [-0.2, 0) is 18.4 Å². The van der Waals surface area contributed by atoms with E-state index in [4.69, 9.17) is 11.0 Å². The fraction of sp³-hybridized carbons (Fsp3) is 0.440. The van der Waals surface area contributed by atoms with Gasteiger partial charge in [0.2, 0.25) is 5.91 Å². The number of nitriles is 1. The van der Waals surface area contributed by atoms with Crippen molar-refractivity contribution in [2.24, 2.45) is 18.7 Å². The lowest BCUT2D eigenvalue weighted by Crippen LogP contribution is -2.39. The molecular formula is C25H33N7O. The quantitative estimate of drug-likeness (QED) is 0.623. The van der Waals surface area contributed by atoms with Gasteiger partial charge in [0.15, 0.2) is 0 Å². The Bertz CT molecular complexity index is 1090. The number of carbonyl (C=O) groups excluding carboxylic acids is 1. The van der Waals surface area contributed by atoms with Crippen LogP contribution in [0.25, 0.3) is 11.0 Å². The zero-order valence-electron chi connectivity index (χ0n) is 19.7. The number of aryl methyl sites for hydroxylation is 1. The van der Waals surface area contributed by atoms with E-state index >= 15 is 0 Å².